The highest BCUT2D eigenvalue weighted by atomic mass is 19.1. The van der Waals surface area contributed by atoms with E-state index in [2.05, 4.69) is 15.1 Å². The summed E-state index contributed by atoms with van der Waals surface area (Å²) in [5, 5.41) is 6.63. The number of likely N-dealkylation sites (tertiary alicyclic amines) is 2. The van der Waals surface area contributed by atoms with E-state index in [0.29, 0.717) is 31.1 Å². The maximum Gasteiger partial charge on any atom is 0.267 e. The lowest BCUT2D eigenvalue weighted by molar-refractivity contribution is 0.0640. The molecule has 2 fully saturated rings. The Morgan fingerprint density at radius 1 is 1.13 bits per heavy atom. The van der Waals surface area contributed by atoms with E-state index in [-0.39, 0.29) is 17.0 Å². The van der Waals surface area contributed by atoms with Gasteiger partial charge in [0.05, 0.1) is 11.3 Å². The van der Waals surface area contributed by atoms with E-state index < -0.39 is 5.82 Å². The number of nitrogens with zero attached hydrogens (tertiary/aromatic N) is 3. The van der Waals surface area contributed by atoms with Gasteiger partial charge < -0.3 is 9.80 Å². The number of piperidine rings is 1. The Labute approximate surface area is 176 Å². The number of carbonyl (C=O) groups is 1. The zero-order valence-electron chi connectivity index (χ0n) is 17.7. The van der Waals surface area contributed by atoms with Gasteiger partial charge in [0, 0.05) is 31.1 Å². The van der Waals surface area contributed by atoms with E-state index in [1.165, 1.54) is 18.9 Å². The second-order valence-electron chi connectivity index (χ2n) is 8.51. The zero-order chi connectivity index (χ0) is 21.3. The second-order valence-corrected chi connectivity index (χ2v) is 8.51. The van der Waals surface area contributed by atoms with Crippen LogP contribution in [0, 0.1) is 19.7 Å². The van der Waals surface area contributed by atoms with Gasteiger partial charge in [-0.3, -0.25) is 9.59 Å². The lowest BCUT2D eigenvalue weighted by Crippen LogP contribution is -2.46. The van der Waals surface area contributed by atoms with Gasteiger partial charge in [0.15, 0.2) is 0 Å². The molecule has 1 aromatic heterocycles. The average molecular weight is 413 g/mol. The van der Waals surface area contributed by atoms with E-state index in [0.717, 1.165) is 42.8 Å². The minimum absolute atomic E-state index is 0.117. The molecule has 2 aliphatic heterocycles. The predicted molar refractivity (Wildman–Crippen MR) is 113 cm³/mol. The normalized spacial score (nSPS) is 18.2. The van der Waals surface area contributed by atoms with Gasteiger partial charge in [-0.05, 0) is 75.9 Å². The first-order valence-corrected chi connectivity index (χ1v) is 10.8. The number of halogens is 1. The number of carbonyl (C=O) groups excluding carboxylic acids is 1. The topological polar surface area (TPSA) is 69.3 Å². The summed E-state index contributed by atoms with van der Waals surface area (Å²) in [6.07, 6.45) is 4.86. The molecule has 6 nitrogen and oxygen atoms in total. The Balaban J connectivity index is 1.47. The van der Waals surface area contributed by atoms with Crippen molar-refractivity contribution in [3.63, 3.8) is 0 Å². The third-order valence-electron chi connectivity index (χ3n) is 6.67. The van der Waals surface area contributed by atoms with E-state index in [4.69, 9.17) is 0 Å². The van der Waals surface area contributed by atoms with Crippen molar-refractivity contribution in [3.8, 4) is 0 Å². The summed E-state index contributed by atoms with van der Waals surface area (Å²) in [5.41, 5.74) is 2.88. The summed E-state index contributed by atoms with van der Waals surface area (Å²) in [6, 6.07) is 5.21. The number of rotatable bonds is 4. The molecule has 1 amide bonds. The molecule has 2 saturated heterocycles. The standard InChI is InChI=1S/C23H29FN4O2/c1-15-16(2)22(29)26-25-21(15)14-17-5-6-20(24)19(13-17)23(30)28-11-7-18(8-12-28)27-9-3-4-10-27/h5-6,13,18H,3-4,7-12,14H2,1-2H3,(H,26,29). The molecule has 0 spiro atoms. The summed E-state index contributed by atoms with van der Waals surface area (Å²) in [4.78, 5) is 29.0. The minimum atomic E-state index is -0.493. The van der Waals surface area contributed by atoms with Crippen LogP contribution in [0.3, 0.4) is 0 Å². The summed E-state index contributed by atoms with van der Waals surface area (Å²) >= 11 is 0. The Kier molecular flexibility index (Phi) is 5.99. The molecule has 4 rings (SSSR count). The predicted octanol–water partition coefficient (Wildman–Crippen LogP) is 2.82. The third kappa shape index (κ3) is 4.17. The van der Waals surface area contributed by atoms with Crippen LogP contribution >= 0.6 is 0 Å². The second kappa shape index (κ2) is 8.68. The number of amides is 1. The number of hydrogen-bond donors (Lipinski definition) is 1. The molecule has 1 N–H and O–H groups in total. The van der Waals surface area contributed by atoms with Crippen molar-refractivity contribution in [1.82, 2.24) is 20.0 Å². The minimum Gasteiger partial charge on any atom is -0.338 e. The van der Waals surface area contributed by atoms with Gasteiger partial charge in [-0.2, -0.15) is 5.10 Å². The molecule has 0 atom stereocenters. The molecule has 0 radical (unpaired) electrons. The van der Waals surface area contributed by atoms with Crippen molar-refractivity contribution in [2.75, 3.05) is 26.2 Å². The van der Waals surface area contributed by atoms with Gasteiger partial charge in [-0.25, -0.2) is 9.49 Å². The zero-order valence-corrected chi connectivity index (χ0v) is 17.7. The first-order chi connectivity index (χ1) is 14.4. The SMILES string of the molecule is Cc1c(Cc2ccc(F)c(C(=O)N3CCC(N4CCCC4)CC3)c2)n[nH]c(=O)c1C. The fraction of sp³-hybridized carbons (Fsp3) is 0.522. The molecule has 2 aromatic rings. The largest absolute Gasteiger partial charge is 0.338 e. The molecule has 1 aromatic carbocycles. The maximum absolute atomic E-state index is 14.5. The fourth-order valence-corrected chi connectivity index (χ4v) is 4.60. The highest BCUT2D eigenvalue weighted by molar-refractivity contribution is 5.94. The fourth-order valence-electron chi connectivity index (χ4n) is 4.60. The van der Waals surface area contributed by atoms with Crippen LogP contribution in [-0.2, 0) is 6.42 Å². The summed E-state index contributed by atoms with van der Waals surface area (Å²) in [5.74, 6) is -0.732. The van der Waals surface area contributed by atoms with Gasteiger partial charge >= 0.3 is 0 Å². The van der Waals surface area contributed by atoms with Crippen LogP contribution in [0.25, 0.3) is 0 Å². The van der Waals surface area contributed by atoms with Gasteiger partial charge in [0.25, 0.3) is 11.5 Å². The Morgan fingerprint density at radius 3 is 2.53 bits per heavy atom. The van der Waals surface area contributed by atoms with Crippen LogP contribution in [0.1, 0.15) is 58.4 Å². The maximum atomic E-state index is 14.5. The van der Waals surface area contributed by atoms with Gasteiger partial charge in [0.2, 0.25) is 0 Å². The van der Waals surface area contributed by atoms with E-state index in [1.54, 1.807) is 24.0 Å². The number of H-pyrrole nitrogens is 1. The molecule has 0 unspecified atom stereocenters. The summed E-state index contributed by atoms with van der Waals surface area (Å²) < 4.78 is 14.5. The third-order valence-corrected chi connectivity index (χ3v) is 6.67. The number of aromatic nitrogens is 2. The average Bonchev–Trinajstić information content (AvgIpc) is 3.30. The van der Waals surface area contributed by atoms with Gasteiger partial charge in [-0.1, -0.05) is 6.07 Å². The van der Waals surface area contributed by atoms with Crippen LogP contribution in [0.4, 0.5) is 4.39 Å². The molecule has 160 valence electrons. The highest BCUT2D eigenvalue weighted by Gasteiger charge is 2.29. The van der Waals surface area contributed by atoms with Crippen LogP contribution < -0.4 is 5.56 Å². The van der Waals surface area contributed by atoms with Crippen LogP contribution in [0.2, 0.25) is 0 Å². The molecule has 0 bridgehead atoms. The Bertz CT molecular complexity index is 989. The lowest BCUT2D eigenvalue weighted by atomic mass is 9.99. The quantitative estimate of drug-likeness (QED) is 0.839. The molecule has 3 heterocycles. The summed E-state index contributed by atoms with van der Waals surface area (Å²) in [7, 11) is 0. The van der Waals surface area contributed by atoms with Crippen molar-refractivity contribution in [2.45, 2.75) is 52.0 Å². The number of aromatic amines is 1. The van der Waals surface area contributed by atoms with Crippen LogP contribution in [-0.4, -0.2) is 58.1 Å². The highest BCUT2D eigenvalue weighted by Crippen LogP contribution is 2.23. The van der Waals surface area contributed by atoms with Gasteiger partial charge in [0.1, 0.15) is 5.82 Å². The number of nitrogens with one attached hydrogen (secondary N) is 1. The molecular weight excluding hydrogens is 383 g/mol. The van der Waals surface area contributed by atoms with E-state index >= 15 is 0 Å². The Hall–Kier alpha value is -2.54. The number of benzene rings is 1. The monoisotopic (exact) mass is 412 g/mol. The van der Waals surface area contributed by atoms with E-state index in [9.17, 15) is 14.0 Å². The van der Waals surface area contributed by atoms with Crippen molar-refractivity contribution in [2.24, 2.45) is 0 Å². The molecule has 2 aliphatic rings. The first kappa shape index (κ1) is 20.7. The summed E-state index contributed by atoms with van der Waals surface area (Å²) in [6.45, 7) is 7.27. The molecule has 7 heteroatoms. The van der Waals surface area contributed by atoms with E-state index in [1.807, 2.05) is 6.92 Å². The van der Waals surface area contributed by atoms with Crippen LogP contribution in [0.15, 0.2) is 23.0 Å². The number of hydrogen-bond acceptors (Lipinski definition) is 4. The Morgan fingerprint density at radius 2 is 1.83 bits per heavy atom. The molecule has 30 heavy (non-hydrogen) atoms. The van der Waals surface area contributed by atoms with Crippen molar-refractivity contribution in [3.05, 3.63) is 62.3 Å². The van der Waals surface area contributed by atoms with Crippen molar-refractivity contribution < 1.29 is 9.18 Å². The van der Waals surface area contributed by atoms with Crippen LogP contribution in [0.5, 0.6) is 0 Å². The molecule has 0 saturated carbocycles. The smallest absolute Gasteiger partial charge is 0.267 e. The van der Waals surface area contributed by atoms with Gasteiger partial charge in [-0.15, -0.1) is 0 Å². The lowest BCUT2D eigenvalue weighted by Gasteiger charge is -2.36. The molecular formula is C23H29FN4O2. The first-order valence-electron chi connectivity index (χ1n) is 10.8. The van der Waals surface area contributed by atoms with Crippen molar-refractivity contribution >= 4 is 5.91 Å². The van der Waals surface area contributed by atoms with Crippen molar-refractivity contribution in [1.29, 1.82) is 0 Å². The molecule has 0 aliphatic carbocycles.